The minimum absolute atomic E-state index is 0.0129. The Hall–Kier alpha value is -5.10. The normalized spacial score (nSPS) is 12.8. The lowest BCUT2D eigenvalue weighted by Crippen LogP contribution is -2.19. The summed E-state index contributed by atoms with van der Waals surface area (Å²) in [5.41, 5.74) is 8.31. The molecule has 0 atom stereocenters. The average Bonchev–Trinajstić information content (AvgIpc) is 3.64. The summed E-state index contributed by atoms with van der Waals surface area (Å²) in [5, 5.41) is 9.10. The van der Waals surface area contributed by atoms with Gasteiger partial charge in [-0.2, -0.15) is 5.10 Å². The Kier molecular flexibility index (Phi) is 5.33. The highest BCUT2D eigenvalue weighted by Gasteiger charge is 2.27. The van der Waals surface area contributed by atoms with Gasteiger partial charge in [-0.3, -0.25) is 9.55 Å². The van der Waals surface area contributed by atoms with Gasteiger partial charge in [-0.1, -0.05) is 83.1 Å². The van der Waals surface area contributed by atoms with Crippen LogP contribution in [0.3, 0.4) is 0 Å². The van der Waals surface area contributed by atoms with Crippen molar-refractivity contribution in [3.63, 3.8) is 0 Å². The Bertz CT molecular complexity index is 2370. The second-order valence-electron chi connectivity index (χ2n) is 13.0. The molecule has 5 aromatic heterocycles. The summed E-state index contributed by atoms with van der Waals surface area (Å²) in [6.07, 6.45) is 5.59. The summed E-state index contributed by atoms with van der Waals surface area (Å²) in [6, 6.07) is 30.2. The topological polar surface area (TPSA) is 60.9 Å². The summed E-state index contributed by atoms with van der Waals surface area (Å²) in [7, 11) is 0. The van der Waals surface area contributed by atoms with Crippen molar-refractivity contribution in [3.05, 3.63) is 120 Å². The molecular formula is C37H32N6. The number of nitrogens with zero attached hydrogens (tertiary/aromatic N) is 6. The third kappa shape index (κ3) is 3.79. The highest BCUT2D eigenvalue weighted by Crippen LogP contribution is 2.39. The summed E-state index contributed by atoms with van der Waals surface area (Å²) < 4.78 is 4.21. The zero-order valence-electron chi connectivity index (χ0n) is 25.0. The third-order valence-electron chi connectivity index (χ3n) is 9.02. The Morgan fingerprint density at radius 2 is 1.35 bits per heavy atom. The number of fused-ring (bicyclic) bond motifs is 9. The van der Waals surface area contributed by atoms with Gasteiger partial charge in [-0.05, 0) is 63.9 Å². The predicted molar refractivity (Wildman–Crippen MR) is 175 cm³/mol. The van der Waals surface area contributed by atoms with Crippen LogP contribution in [0.25, 0.3) is 55.1 Å². The number of hydrogen-bond acceptors (Lipinski definition) is 4. The van der Waals surface area contributed by atoms with Gasteiger partial charge >= 0.3 is 0 Å². The quantitative estimate of drug-likeness (QED) is 0.203. The van der Waals surface area contributed by atoms with Crippen LogP contribution in [0.5, 0.6) is 0 Å². The van der Waals surface area contributed by atoms with Crippen molar-refractivity contribution in [3.8, 4) is 5.82 Å². The molecule has 3 aromatic carbocycles. The van der Waals surface area contributed by atoms with Crippen molar-refractivity contribution in [2.75, 3.05) is 0 Å². The van der Waals surface area contributed by atoms with E-state index in [1.165, 1.54) is 16.5 Å². The van der Waals surface area contributed by atoms with Crippen LogP contribution in [-0.2, 0) is 10.8 Å². The van der Waals surface area contributed by atoms with E-state index in [1.807, 2.05) is 23.0 Å². The van der Waals surface area contributed by atoms with Crippen molar-refractivity contribution >= 4 is 49.3 Å². The van der Waals surface area contributed by atoms with Crippen LogP contribution in [0.1, 0.15) is 51.3 Å². The van der Waals surface area contributed by atoms with Crippen molar-refractivity contribution in [1.29, 1.82) is 0 Å². The fraction of sp³-hybridized carbons (Fsp3) is 0.189. The van der Waals surface area contributed by atoms with E-state index in [4.69, 9.17) is 9.97 Å². The second kappa shape index (κ2) is 8.95. The van der Waals surface area contributed by atoms with Gasteiger partial charge in [0.15, 0.2) is 5.65 Å². The van der Waals surface area contributed by atoms with E-state index in [-0.39, 0.29) is 10.8 Å². The monoisotopic (exact) mass is 560 g/mol. The Morgan fingerprint density at radius 3 is 2.16 bits per heavy atom. The Balaban J connectivity index is 1.35. The number of hydrogen-bond donors (Lipinski definition) is 0. The largest absolute Gasteiger partial charge is 0.292 e. The molecule has 0 aliphatic rings. The molecule has 0 aliphatic carbocycles. The molecule has 0 N–H and O–H groups in total. The summed E-state index contributed by atoms with van der Waals surface area (Å²) >= 11 is 0. The van der Waals surface area contributed by atoms with Crippen LogP contribution in [0.4, 0.5) is 0 Å². The van der Waals surface area contributed by atoms with E-state index >= 15 is 0 Å². The Morgan fingerprint density at radius 1 is 0.581 bits per heavy atom. The van der Waals surface area contributed by atoms with Gasteiger partial charge < -0.3 is 0 Å². The lowest BCUT2D eigenvalue weighted by atomic mass is 9.78. The number of para-hydroxylation sites is 2. The Labute approximate surface area is 249 Å². The first-order valence-electron chi connectivity index (χ1n) is 14.7. The zero-order valence-corrected chi connectivity index (χ0v) is 25.0. The zero-order chi connectivity index (χ0) is 29.5. The third-order valence-corrected chi connectivity index (χ3v) is 9.02. The predicted octanol–water partition coefficient (Wildman–Crippen LogP) is 8.55. The van der Waals surface area contributed by atoms with E-state index < -0.39 is 0 Å². The van der Waals surface area contributed by atoms with E-state index in [1.54, 1.807) is 6.33 Å². The van der Waals surface area contributed by atoms with Gasteiger partial charge in [0, 0.05) is 34.0 Å². The van der Waals surface area contributed by atoms with Crippen LogP contribution in [0, 0.1) is 0 Å². The van der Waals surface area contributed by atoms with Gasteiger partial charge in [0.1, 0.15) is 12.1 Å². The molecular weight excluding hydrogens is 528 g/mol. The molecule has 6 heteroatoms. The van der Waals surface area contributed by atoms with Gasteiger partial charge in [0.05, 0.1) is 22.1 Å². The van der Waals surface area contributed by atoms with Crippen LogP contribution in [0.15, 0.2) is 104 Å². The van der Waals surface area contributed by atoms with Crippen LogP contribution in [-0.4, -0.2) is 29.1 Å². The number of benzene rings is 3. The van der Waals surface area contributed by atoms with Gasteiger partial charge in [0.2, 0.25) is 0 Å². The maximum atomic E-state index is 5.09. The minimum atomic E-state index is -0.333. The molecule has 5 heterocycles. The van der Waals surface area contributed by atoms with E-state index in [2.05, 4.69) is 128 Å². The lowest BCUT2D eigenvalue weighted by molar-refractivity contribution is 0.588. The molecule has 0 fully saturated rings. The van der Waals surface area contributed by atoms with Gasteiger partial charge in [-0.15, -0.1) is 0 Å². The minimum Gasteiger partial charge on any atom is -0.292 e. The van der Waals surface area contributed by atoms with Crippen molar-refractivity contribution in [2.45, 2.75) is 45.4 Å². The first kappa shape index (κ1) is 25.6. The molecule has 0 radical (unpaired) electrons. The molecule has 0 aliphatic heterocycles. The van der Waals surface area contributed by atoms with Gasteiger partial charge in [-0.25, -0.2) is 14.5 Å². The molecule has 8 aromatic rings. The van der Waals surface area contributed by atoms with E-state index in [0.29, 0.717) is 0 Å². The number of rotatable bonds is 3. The smallest absolute Gasteiger partial charge is 0.163 e. The SMILES string of the molecule is CC(C)(C)c1ccnc(-n2c3ccccc3c3ncc(C(C)(C)c4ccc5c6ccccc6n6ncnc6c5c4)cc32)c1. The standard InChI is InChI=1S/C37H32N6/c1-36(2,3)23-16-17-38-33(20-23)42-30-12-8-7-11-28(30)34-32(42)19-25(21-39-34)37(4,5)24-14-15-26-27-10-6-9-13-31(27)43-35(29(26)18-24)40-22-41-43/h6-22H,1-5H3. The molecule has 0 unspecified atom stereocenters. The molecule has 210 valence electrons. The highest BCUT2D eigenvalue weighted by molar-refractivity contribution is 6.11. The first-order chi connectivity index (χ1) is 20.7. The molecule has 6 nitrogen and oxygen atoms in total. The van der Waals surface area contributed by atoms with Crippen LogP contribution >= 0.6 is 0 Å². The molecule has 0 saturated heterocycles. The number of pyridine rings is 3. The van der Waals surface area contributed by atoms with E-state index in [0.717, 1.165) is 55.3 Å². The maximum absolute atomic E-state index is 5.09. The van der Waals surface area contributed by atoms with Crippen molar-refractivity contribution in [2.24, 2.45) is 0 Å². The fourth-order valence-electron chi connectivity index (χ4n) is 6.43. The highest BCUT2D eigenvalue weighted by atomic mass is 15.3. The first-order valence-corrected chi connectivity index (χ1v) is 14.7. The number of aromatic nitrogens is 6. The maximum Gasteiger partial charge on any atom is 0.163 e. The molecule has 0 spiro atoms. The van der Waals surface area contributed by atoms with Crippen LogP contribution < -0.4 is 0 Å². The molecule has 8 rings (SSSR count). The second-order valence-corrected chi connectivity index (χ2v) is 13.0. The summed E-state index contributed by atoms with van der Waals surface area (Å²) in [4.78, 5) is 14.6. The molecule has 0 amide bonds. The lowest BCUT2D eigenvalue weighted by Gasteiger charge is -2.26. The van der Waals surface area contributed by atoms with Gasteiger partial charge in [0.25, 0.3) is 0 Å². The summed E-state index contributed by atoms with van der Waals surface area (Å²) in [6.45, 7) is 11.2. The molecule has 0 saturated carbocycles. The van der Waals surface area contributed by atoms with Crippen LogP contribution in [0.2, 0.25) is 0 Å². The average molecular weight is 561 g/mol. The molecule has 43 heavy (non-hydrogen) atoms. The fourth-order valence-corrected chi connectivity index (χ4v) is 6.43. The molecule has 0 bridgehead atoms. The van der Waals surface area contributed by atoms with E-state index in [9.17, 15) is 0 Å². The van der Waals surface area contributed by atoms with Crippen molar-refractivity contribution < 1.29 is 0 Å². The van der Waals surface area contributed by atoms with Crippen molar-refractivity contribution in [1.82, 2.24) is 29.1 Å². The summed E-state index contributed by atoms with van der Waals surface area (Å²) in [5.74, 6) is 0.905.